The van der Waals surface area contributed by atoms with Crippen LogP contribution in [0.25, 0.3) is 0 Å². The zero-order valence-electron chi connectivity index (χ0n) is 9.97. The second-order valence-electron chi connectivity index (χ2n) is 3.81. The van der Waals surface area contributed by atoms with Gasteiger partial charge in [-0.3, -0.25) is 4.79 Å². The lowest BCUT2D eigenvalue weighted by molar-refractivity contribution is -0.115. The number of carbonyl (C=O) groups is 1. The predicted octanol–water partition coefficient (Wildman–Crippen LogP) is 1.86. The summed E-state index contributed by atoms with van der Waals surface area (Å²) in [5.41, 5.74) is 0.735. The van der Waals surface area contributed by atoms with Crippen molar-refractivity contribution in [2.75, 3.05) is 17.7 Å². The highest BCUT2D eigenvalue weighted by Crippen LogP contribution is 2.17. The number of hydrogen-bond acceptors (Lipinski definition) is 4. The number of carbonyl (C=O) groups excluding carboxylic acids is 1. The van der Waals surface area contributed by atoms with E-state index in [4.69, 9.17) is 5.11 Å². The Morgan fingerprint density at radius 2 is 2.06 bits per heavy atom. The monoisotopic (exact) mass is 333 g/mol. The maximum Gasteiger partial charge on any atom is 0.237 e. The molecule has 3 N–H and O–H groups in total. The van der Waals surface area contributed by atoms with Gasteiger partial charge in [0.05, 0.1) is 18.0 Å². The van der Waals surface area contributed by atoms with E-state index in [0.29, 0.717) is 5.75 Å². The molecule has 0 unspecified atom stereocenters. The molecular weight excluding hydrogens is 318 g/mol. The van der Waals surface area contributed by atoms with Gasteiger partial charge in [-0.05, 0) is 31.2 Å². The lowest BCUT2D eigenvalue weighted by Gasteiger charge is -2.13. The van der Waals surface area contributed by atoms with E-state index in [1.807, 2.05) is 24.3 Å². The molecule has 1 rings (SSSR count). The van der Waals surface area contributed by atoms with Gasteiger partial charge in [-0.25, -0.2) is 0 Å². The second kappa shape index (κ2) is 7.78. The highest BCUT2D eigenvalue weighted by molar-refractivity contribution is 9.10. The standard InChI is InChI=1S/C12H16BrNO3S/c1-8(18-7-11(16)6-15)12(17)14-10-4-2-9(13)3-5-10/h2-5,8,11,15-16H,6-7H2,1H3,(H,14,17)/t8-,11+/m0/s1. The third-order valence-corrected chi connectivity index (χ3v) is 4.05. The third kappa shape index (κ3) is 5.39. The van der Waals surface area contributed by atoms with Crippen LogP contribution >= 0.6 is 27.7 Å². The SMILES string of the molecule is C[C@H](SC[C@H](O)CO)C(=O)Nc1ccc(Br)cc1. The molecule has 0 heterocycles. The summed E-state index contributed by atoms with van der Waals surface area (Å²) in [6, 6.07) is 7.32. The Labute approximate surface area is 119 Å². The molecule has 1 aromatic rings. The number of amides is 1. The molecule has 0 aliphatic carbocycles. The van der Waals surface area contributed by atoms with Gasteiger partial charge in [0.15, 0.2) is 0 Å². The summed E-state index contributed by atoms with van der Waals surface area (Å²) >= 11 is 4.63. The van der Waals surface area contributed by atoms with Crippen molar-refractivity contribution in [3.05, 3.63) is 28.7 Å². The predicted molar refractivity (Wildman–Crippen MR) is 77.8 cm³/mol. The molecule has 0 saturated carbocycles. The Morgan fingerprint density at radius 1 is 1.44 bits per heavy atom. The molecule has 100 valence electrons. The van der Waals surface area contributed by atoms with Crippen LogP contribution in [0.3, 0.4) is 0 Å². The van der Waals surface area contributed by atoms with Crippen molar-refractivity contribution < 1.29 is 15.0 Å². The van der Waals surface area contributed by atoms with Crippen LogP contribution in [0.1, 0.15) is 6.92 Å². The second-order valence-corrected chi connectivity index (χ2v) is 6.10. The molecule has 0 aliphatic rings. The zero-order chi connectivity index (χ0) is 13.5. The van der Waals surface area contributed by atoms with Crippen LogP contribution in [0.2, 0.25) is 0 Å². The first-order valence-electron chi connectivity index (χ1n) is 5.50. The van der Waals surface area contributed by atoms with Gasteiger partial charge in [0, 0.05) is 15.9 Å². The van der Waals surface area contributed by atoms with E-state index in [1.54, 1.807) is 6.92 Å². The Bertz CT molecular complexity index is 385. The molecule has 1 aromatic carbocycles. The zero-order valence-corrected chi connectivity index (χ0v) is 12.4. The molecule has 0 radical (unpaired) electrons. The fourth-order valence-corrected chi connectivity index (χ4v) is 2.25. The number of aliphatic hydroxyl groups excluding tert-OH is 2. The highest BCUT2D eigenvalue weighted by Gasteiger charge is 2.15. The summed E-state index contributed by atoms with van der Waals surface area (Å²) < 4.78 is 0.953. The van der Waals surface area contributed by atoms with Crippen LogP contribution < -0.4 is 5.32 Å². The number of benzene rings is 1. The molecule has 0 fully saturated rings. The quantitative estimate of drug-likeness (QED) is 0.743. The van der Waals surface area contributed by atoms with Gasteiger partial charge in [0.1, 0.15) is 0 Å². The summed E-state index contributed by atoms with van der Waals surface area (Å²) in [6.07, 6.45) is -0.780. The lowest BCUT2D eigenvalue weighted by Crippen LogP contribution is -2.25. The molecule has 6 heteroatoms. The first kappa shape index (κ1) is 15.5. The molecular formula is C12H16BrNO3S. The Morgan fingerprint density at radius 3 is 2.61 bits per heavy atom. The molecule has 0 saturated heterocycles. The first-order valence-corrected chi connectivity index (χ1v) is 7.34. The normalized spacial score (nSPS) is 14.0. The van der Waals surface area contributed by atoms with E-state index >= 15 is 0 Å². The van der Waals surface area contributed by atoms with Crippen LogP contribution in [0.15, 0.2) is 28.7 Å². The first-order chi connectivity index (χ1) is 8.52. The highest BCUT2D eigenvalue weighted by atomic mass is 79.9. The molecule has 0 aliphatic heterocycles. The lowest BCUT2D eigenvalue weighted by atomic mass is 10.3. The van der Waals surface area contributed by atoms with Crippen molar-refractivity contribution in [1.29, 1.82) is 0 Å². The van der Waals surface area contributed by atoms with Crippen molar-refractivity contribution >= 4 is 39.3 Å². The largest absolute Gasteiger partial charge is 0.394 e. The van der Waals surface area contributed by atoms with Gasteiger partial charge < -0.3 is 15.5 Å². The molecule has 4 nitrogen and oxygen atoms in total. The molecule has 2 atom stereocenters. The minimum absolute atomic E-state index is 0.118. The maximum absolute atomic E-state index is 11.8. The number of halogens is 1. The van der Waals surface area contributed by atoms with Crippen molar-refractivity contribution in [3.63, 3.8) is 0 Å². The number of rotatable bonds is 6. The molecule has 0 spiro atoms. The van der Waals surface area contributed by atoms with Crippen LogP contribution in [0, 0.1) is 0 Å². The van der Waals surface area contributed by atoms with E-state index in [1.165, 1.54) is 11.8 Å². The van der Waals surface area contributed by atoms with Gasteiger partial charge >= 0.3 is 0 Å². The number of hydrogen-bond donors (Lipinski definition) is 3. The van der Waals surface area contributed by atoms with Crippen LogP contribution in [0.4, 0.5) is 5.69 Å². The molecule has 0 bridgehead atoms. The fourth-order valence-electron chi connectivity index (χ4n) is 1.16. The van der Waals surface area contributed by atoms with E-state index in [2.05, 4.69) is 21.2 Å². The van der Waals surface area contributed by atoms with E-state index in [9.17, 15) is 9.90 Å². The summed E-state index contributed by atoms with van der Waals surface area (Å²) in [4.78, 5) is 11.8. The minimum Gasteiger partial charge on any atom is -0.394 e. The van der Waals surface area contributed by atoms with Gasteiger partial charge in [-0.1, -0.05) is 15.9 Å². The van der Waals surface area contributed by atoms with Crippen LogP contribution in [-0.2, 0) is 4.79 Å². The number of thioether (sulfide) groups is 1. The third-order valence-electron chi connectivity index (χ3n) is 2.23. The van der Waals surface area contributed by atoms with E-state index in [-0.39, 0.29) is 17.8 Å². The van der Waals surface area contributed by atoms with Gasteiger partial charge in [0.25, 0.3) is 0 Å². The van der Waals surface area contributed by atoms with Crippen molar-refractivity contribution in [2.24, 2.45) is 0 Å². The van der Waals surface area contributed by atoms with Gasteiger partial charge in [0.2, 0.25) is 5.91 Å². The average molecular weight is 334 g/mol. The van der Waals surface area contributed by atoms with Crippen molar-refractivity contribution in [2.45, 2.75) is 18.3 Å². The summed E-state index contributed by atoms with van der Waals surface area (Å²) in [7, 11) is 0. The summed E-state index contributed by atoms with van der Waals surface area (Å²) in [6.45, 7) is 1.48. The van der Waals surface area contributed by atoms with Crippen LogP contribution in [0.5, 0.6) is 0 Å². The number of anilines is 1. The Balaban J connectivity index is 2.42. The summed E-state index contributed by atoms with van der Waals surface area (Å²) in [5.74, 6) is 0.221. The van der Waals surface area contributed by atoms with E-state index in [0.717, 1.165) is 10.2 Å². The number of nitrogens with one attached hydrogen (secondary N) is 1. The smallest absolute Gasteiger partial charge is 0.237 e. The Hall–Kier alpha value is -0.560. The maximum atomic E-state index is 11.8. The fraction of sp³-hybridized carbons (Fsp3) is 0.417. The number of aliphatic hydroxyl groups is 2. The van der Waals surface area contributed by atoms with Gasteiger partial charge in [-0.15, -0.1) is 11.8 Å². The minimum atomic E-state index is -0.780. The Kier molecular flexibility index (Phi) is 6.70. The topological polar surface area (TPSA) is 69.6 Å². The summed E-state index contributed by atoms with van der Waals surface area (Å²) in [5, 5.41) is 20.4. The van der Waals surface area contributed by atoms with Crippen LogP contribution in [-0.4, -0.2) is 39.8 Å². The van der Waals surface area contributed by atoms with Crippen molar-refractivity contribution in [1.82, 2.24) is 0 Å². The molecule has 1 amide bonds. The molecule has 18 heavy (non-hydrogen) atoms. The van der Waals surface area contributed by atoms with E-state index < -0.39 is 6.10 Å². The molecule has 0 aromatic heterocycles. The van der Waals surface area contributed by atoms with Gasteiger partial charge in [-0.2, -0.15) is 0 Å². The van der Waals surface area contributed by atoms with Crippen molar-refractivity contribution in [3.8, 4) is 0 Å². The average Bonchev–Trinajstić information content (AvgIpc) is 2.38.